The summed E-state index contributed by atoms with van der Waals surface area (Å²) in [5.41, 5.74) is 1.71. The highest BCUT2D eigenvalue weighted by Crippen LogP contribution is 2.11. The molecule has 2 heterocycles. The van der Waals surface area contributed by atoms with E-state index in [4.69, 9.17) is 4.74 Å². The fourth-order valence-corrected chi connectivity index (χ4v) is 1.75. The second-order valence-corrected chi connectivity index (χ2v) is 4.27. The van der Waals surface area contributed by atoms with Crippen molar-refractivity contribution < 1.29 is 9.53 Å². The molecule has 0 bridgehead atoms. The zero-order valence-corrected chi connectivity index (χ0v) is 10.8. The number of rotatable bonds is 2. The molecule has 0 aliphatic heterocycles. The maximum Gasteiger partial charge on any atom is 0.419 e. The lowest BCUT2D eigenvalue weighted by molar-refractivity contribution is 0.215. The molecule has 0 unspecified atom stereocenters. The number of nitrogens with one attached hydrogen (secondary N) is 1. The van der Waals surface area contributed by atoms with Crippen LogP contribution in [0.15, 0.2) is 48.7 Å². The predicted molar refractivity (Wildman–Crippen MR) is 73.8 cm³/mol. The number of amides is 1. The van der Waals surface area contributed by atoms with Gasteiger partial charge in [-0.25, -0.2) is 9.31 Å². The normalized spacial score (nSPS) is 10.4. The summed E-state index contributed by atoms with van der Waals surface area (Å²) in [6, 6.07) is 12.6. The summed E-state index contributed by atoms with van der Waals surface area (Å²) in [7, 11) is 0. The van der Waals surface area contributed by atoms with Gasteiger partial charge in [0, 0.05) is 6.20 Å². The average Bonchev–Trinajstić information content (AvgIpc) is 2.80. The van der Waals surface area contributed by atoms with Crippen molar-refractivity contribution >= 4 is 17.7 Å². The Kier molecular flexibility index (Phi) is 3.04. The number of hydrogen-bond donors (Lipinski definition) is 1. The zero-order chi connectivity index (χ0) is 13.9. The Balaban J connectivity index is 1.74. The van der Waals surface area contributed by atoms with Crippen LogP contribution in [-0.4, -0.2) is 20.7 Å². The van der Waals surface area contributed by atoms with Crippen LogP contribution in [0.1, 0.15) is 5.56 Å². The molecule has 2 aromatic heterocycles. The summed E-state index contributed by atoms with van der Waals surface area (Å²) in [5, 5.41) is 6.64. The van der Waals surface area contributed by atoms with Crippen molar-refractivity contribution in [3.05, 3.63) is 54.2 Å². The number of fused-ring (bicyclic) bond motifs is 1. The van der Waals surface area contributed by atoms with E-state index in [9.17, 15) is 4.79 Å². The van der Waals surface area contributed by atoms with Crippen molar-refractivity contribution in [1.82, 2.24) is 14.6 Å². The number of para-hydroxylation sites is 1. The van der Waals surface area contributed by atoms with Crippen LogP contribution in [-0.2, 0) is 0 Å². The van der Waals surface area contributed by atoms with E-state index in [1.54, 1.807) is 28.8 Å². The highest BCUT2D eigenvalue weighted by Gasteiger charge is 2.09. The standard InChI is InChI=1S/C14H12N4O2/c1-10-7-8-12-15-13(17-18(12)9-10)16-14(19)20-11-5-3-2-4-6-11/h2-9H,1H3,(H,16,17,19). The molecule has 1 amide bonds. The first-order valence-electron chi connectivity index (χ1n) is 6.08. The first-order chi connectivity index (χ1) is 9.70. The molecule has 0 atom stereocenters. The molecule has 1 N–H and O–H groups in total. The first-order valence-corrected chi connectivity index (χ1v) is 6.08. The van der Waals surface area contributed by atoms with Crippen molar-refractivity contribution in [1.29, 1.82) is 0 Å². The number of carbonyl (C=O) groups excluding carboxylic acids is 1. The van der Waals surface area contributed by atoms with Crippen molar-refractivity contribution in [3.8, 4) is 5.75 Å². The number of pyridine rings is 1. The molecule has 0 aliphatic carbocycles. The molecule has 6 heteroatoms. The van der Waals surface area contributed by atoms with E-state index in [2.05, 4.69) is 15.4 Å². The molecular weight excluding hydrogens is 256 g/mol. The molecule has 3 aromatic rings. The van der Waals surface area contributed by atoms with Gasteiger partial charge in [-0.3, -0.25) is 5.32 Å². The van der Waals surface area contributed by atoms with Gasteiger partial charge in [0.1, 0.15) is 5.75 Å². The van der Waals surface area contributed by atoms with Crippen LogP contribution in [0.4, 0.5) is 10.7 Å². The first kappa shape index (κ1) is 12.2. The second-order valence-electron chi connectivity index (χ2n) is 4.27. The summed E-state index contributed by atoms with van der Waals surface area (Å²) in [4.78, 5) is 15.9. The molecule has 20 heavy (non-hydrogen) atoms. The Morgan fingerprint density at radius 2 is 2.00 bits per heavy atom. The van der Waals surface area contributed by atoms with Gasteiger partial charge in [-0.15, -0.1) is 5.10 Å². The average molecular weight is 268 g/mol. The number of benzene rings is 1. The smallest absolute Gasteiger partial charge is 0.410 e. The fraction of sp³-hybridized carbons (Fsp3) is 0.0714. The van der Waals surface area contributed by atoms with E-state index in [0.29, 0.717) is 11.4 Å². The van der Waals surface area contributed by atoms with Gasteiger partial charge < -0.3 is 4.74 Å². The maximum atomic E-state index is 11.7. The van der Waals surface area contributed by atoms with Crippen molar-refractivity contribution in [2.75, 3.05) is 5.32 Å². The number of nitrogens with zero attached hydrogens (tertiary/aromatic N) is 3. The van der Waals surface area contributed by atoms with Gasteiger partial charge in [-0.2, -0.15) is 4.98 Å². The summed E-state index contributed by atoms with van der Waals surface area (Å²) in [6.45, 7) is 1.96. The van der Waals surface area contributed by atoms with E-state index in [-0.39, 0.29) is 5.95 Å². The molecule has 0 aliphatic rings. The number of aryl methyl sites for hydroxylation is 1. The molecule has 6 nitrogen and oxygen atoms in total. The molecule has 3 rings (SSSR count). The highest BCUT2D eigenvalue weighted by atomic mass is 16.6. The van der Waals surface area contributed by atoms with Gasteiger partial charge in [0.05, 0.1) is 0 Å². The second kappa shape index (κ2) is 5.00. The summed E-state index contributed by atoms with van der Waals surface area (Å²) in [5.74, 6) is 0.668. The van der Waals surface area contributed by atoms with E-state index in [1.165, 1.54) is 0 Å². The Morgan fingerprint density at radius 1 is 1.20 bits per heavy atom. The summed E-state index contributed by atoms with van der Waals surface area (Å²) >= 11 is 0. The quantitative estimate of drug-likeness (QED) is 0.775. The number of carbonyl (C=O) groups is 1. The molecule has 0 saturated carbocycles. The minimum absolute atomic E-state index is 0.205. The van der Waals surface area contributed by atoms with E-state index in [0.717, 1.165) is 5.56 Å². The Labute approximate surface area is 115 Å². The molecule has 0 saturated heterocycles. The summed E-state index contributed by atoms with van der Waals surface area (Å²) in [6.07, 6.45) is 1.21. The molecule has 100 valence electrons. The number of aromatic nitrogens is 3. The van der Waals surface area contributed by atoms with E-state index < -0.39 is 6.09 Å². The van der Waals surface area contributed by atoms with Crippen LogP contribution >= 0.6 is 0 Å². The van der Waals surface area contributed by atoms with Gasteiger partial charge in [0.2, 0.25) is 0 Å². The number of hydrogen-bond acceptors (Lipinski definition) is 4. The van der Waals surface area contributed by atoms with E-state index >= 15 is 0 Å². The minimum atomic E-state index is -0.621. The van der Waals surface area contributed by atoms with Crippen LogP contribution in [0.2, 0.25) is 0 Å². The van der Waals surface area contributed by atoms with Gasteiger partial charge in [0.15, 0.2) is 5.65 Å². The lowest BCUT2D eigenvalue weighted by Crippen LogP contribution is -2.17. The van der Waals surface area contributed by atoms with Gasteiger partial charge in [0.25, 0.3) is 5.95 Å². The third-order valence-electron chi connectivity index (χ3n) is 2.65. The van der Waals surface area contributed by atoms with Crippen molar-refractivity contribution in [2.45, 2.75) is 6.92 Å². The van der Waals surface area contributed by atoms with Gasteiger partial charge >= 0.3 is 6.09 Å². The number of ether oxygens (including phenoxy) is 1. The van der Waals surface area contributed by atoms with Crippen molar-refractivity contribution in [3.63, 3.8) is 0 Å². The Bertz CT molecular complexity index is 752. The molecule has 1 aromatic carbocycles. The van der Waals surface area contributed by atoms with Crippen LogP contribution in [0, 0.1) is 6.92 Å². The number of anilines is 1. The zero-order valence-electron chi connectivity index (χ0n) is 10.8. The SMILES string of the molecule is Cc1ccc2nc(NC(=O)Oc3ccccc3)nn2c1. The Morgan fingerprint density at radius 3 is 2.80 bits per heavy atom. The lowest BCUT2D eigenvalue weighted by atomic mass is 10.3. The van der Waals surface area contributed by atoms with Crippen LogP contribution in [0.5, 0.6) is 5.75 Å². The van der Waals surface area contributed by atoms with Crippen LogP contribution < -0.4 is 10.1 Å². The summed E-state index contributed by atoms with van der Waals surface area (Å²) < 4.78 is 6.70. The largest absolute Gasteiger partial charge is 0.419 e. The molecule has 0 spiro atoms. The van der Waals surface area contributed by atoms with E-state index in [1.807, 2.05) is 31.3 Å². The van der Waals surface area contributed by atoms with Gasteiger partial charge in [-0.05, 0) is 30.7 Å². The van der Waals surface area contributed by atoms with Crippen molar-refractivity contribution in [2.24, 2.45) is 0 Å². The topological polar surface area (TPSA) is 68.5 Å². The Hall–Kier alpha value is -2.89. The fourth-order valence-electron chi connectivity index (χ4n) is 1.75. The predicted octanol–water partition coefficient (Wildman–Crippen LogP) is 2.65. The minimum Gasteiger partial charge on any atom is -0.410 e. The molecular formula is C14H12N4O2. The van der Waals surface area contributed by atoms with Crippen LogP contribution in [0.25, 0.3) is 5.65 Å². The monoisotopic (exact) mass is 268 g/mol. The lowest BCUT2D eigenvalue weighted by Gasteiger charge is -2.02. The van der Waals surface area contributed by atoms with Crippen LogP contribution in [0.3, 0.4) is 0 Å². The molecule has 0 radical (unpaired) electrons. The third kappa shape index (κ3) is 2.59. The molecule has 0 fully saturated rings. The third-order valence-corrected chi connectivity index (χ3v) is 2.65. The van der Waals surface area contributed by atoms with Gasteiger partial charge in [-0.1, -0.05) is 24.3 Å². The maximum absolute atomic E-state index is 11.7. The highest BCUT2D eigenvalue weighted by molar-refractivity contribution is 5.84.